The summed E-state index contributed by atoms with van der Waals surface area (Å²) < 4.78 is 0. The normalized spacial score (nSPS) is 11.2. The Labute approximate surface area is 184 Å². The van der Waals surface area contributed by atoms with Crippen molar-refractivity contribution >= 4 is 17.5 Å². The summed E-state index contributed by atoms with van der Waals surface area (Å²) in [5.74, 6) is 0.271. The Balaban J connectivity index is 0. The monoisotopic (exact) mass is 411 g/mol. The number of aryl methyl sites for hydroxylation is 2. The Morgan fingerprint density at radius 3 is 1.50 bits per heavy atom. The first-order chi connectivity index (χ1) is 14.3. The summed E-state index contributed by atoms with van der Waals surface area (Å²) in [4.78, 5) is 23.5. The van der Waals surface area contributed by atoms with E-state index in [1.54, 1.807) is 24.3 Å². The third-order valence-corrected chi connectivity index (χ3v) is 3.35. The lowest BCUT2D eigenvalue weighted by molar-refractivity contribution is -0.119. The molecule has 1 heterocycles. The van der Waals surface area contributed by atoms with Gasteiger partial charge in [-0.2, -0.15) is 0 Å². The number of nitrogens with zero attached hydrogens (tertiary/aromatic N) is 1. The average molecular weight is 412 g/mol. The molecular formula is C27H41NO2. The van der Waals surface area contributed by atoms with E-state index in [1.807, 2.05) is 33.8 Å². The molecule has 0 N–H and O–H groups in total. The lowest BCUT2D eigenvalue weighted by Gasteiger charge is -2.12. The Hall–Kier alpha value is -2.68. The molecule has 0 saturated carbocycles. The van der Waals surface area contributed by atoms with Crippen LogP contribution in [-0.4, -0.2) is 11.8 Å². The van der Waals surface area contributed by atoms with Crippen LogP contribution in [0.1, 0.15) is 66.5 Å². The maximum absolute atomic E-state index is 11.2. The molecule has 0 radical (unpaired) electrons. The molecule has 166 valence electrons. The minimum absolute atomic E-state index is 0.281. The first-order valence-electron chi connectivity index (χ1n) is 11.0. The smallest absolute Gasteiger partial charge is 0.258 e. The fourth-order valence-corrected chi connectivity index (χ4v) is 2.06. The van der Waals surface area contributed by atoms with E-state index >= 15 is 0 Å². The van der Waals surface area contributed by atoms with Gasteiger partial charge < -0.3 is 0 Å². The third-order valence-electron chi connectivity index (χ3n) is 3.35. The molecule has 0 atom stereocenters. The van der Waals surface area contributed by atoms with Gasteiger partial charge in [0.1, 0.15) is 0 Å². The van der Waals surface area contributed by atoms with Gasteiger partial charge >= 0.3 is 0 Å². The van der Waals surface area contributed by atoms with Crippen LogP contribution < -0.4 is 4.90 Å². The molecule has 3 heteroatoms. The van der Waals surface area contributed by atoms with Crippen molar-refractivity contribution < 1.29 is 9.59 Å². The minimum Gasteiger partial charge on any atom is -0.269 e. The fraction of sp³-hybridized carbons (Fsp3) is 0.407. The molecule has 0 spiro atoms. The van der Waals surface area contributed by atoms with E-state index in [0.717, 1.165) is 17.2 Å². The van der Waals surface area contributed by atoms with Gasteiger partial charge in [0, 0.05) is 12.2 Å². The van der Waals surface area contributed by atoms with Crippen molar-refractivity contribution in [2.75, 3.05) is 4.90 Å². The molecule has 0 bridgehead atoms. The second-order valence-corrected chi connectivity index (χ2v) is 6.75. The van der Waals surface area contributed by atoms with Gasteiger partial charge in [-0.05, 0) is 37.0 Å². The standard InChI is InChI=1S/C10H7NO2.C9H12.C4H10.2C2H6/c12-9-6-7-10(13)11(9)8-4-2-1-3-5-8;1-3-9-6-4-8(2)5-7-9;1-4(2)3;2*1-2/h1-7H;4-7H,3H2,1-2H3;4H,1-3H3;2*1-2H3. The summed E-state index contributed by atoms with van der Waals surface area (Å²) >= 11 is 0. The van der Waals surface area contributed by atoms with E-state index in [-0.39, 0.29) is 11.8 Å². The highest BCUT2D eigenvalue weighted by Gasteiger charge is 2.24. The van der Waals surface area contributed by atoms with Crippen LogP contribution in [0.3, 0.4) is 0 Å². The number of rotatable bonds is 2. The molecule has 0 unspecified atom stereocenters. The summed E-state index contributed by atoms with van der Waals surface area (Å²) in [5.41, 5.74) is 3.37. The lowest BCUT2D eigenvalue weighted by Crippen LogP contribution is -2.29. The molecule has 3 nitrogen and oxygen atoms in total. The molecule has 1 aliphatic rings. The minimum atomic E-state index is -0.281. The molecule has 2 aromatic carbocycles. The van der Waals surface area contributed by atoms with Crippen molar-refractivity contribution in [1.29, 1.82) is 0 Å². The SMILES string of the molecule is CC.CC.CC(C)C.CCc1ccc(C)cc1.O=C1C=CC(=O)N1c1ccccc1. The molecule has 0 aliphatic carbocycles. The van der Waals surface area contributed by atoms with Gasteiger partial charge in [-0.15, -0.1) is 0 Å². The van der Waals surface area contributed by atoms with Gasteiger partial charge in [-0.1, -0.05) is 103 Å². The summed E-state index contributed by atoms with van der Waals surface area (Å²) in [5, 5.41) is 0. The van der Waals surface area contributed by atoms with Crippen LogP contribution in [0, 0.1) is 12.8 Å². The Kier molecular flexibility index (Phi) is 18.1. The highest BCUT2D eigenvalue weighted by Crippen LogP contribution is 2.17. The predicted octanol–water partition coefficient (Wildman–Crippen LogP) is 7.39. The van der Waals surface area contributed by atoms with Crippen LogP contribution in [0.4, 0.5) is 5.69 Å². The molecule has 0 saturated heterocycles. The maximum Gasteiger partial charge on any atom is 0.258 e. The average Bonchev–Trinajstić information content (AvgIpc) is 3.10. The van der Waals surface area contributed by atoms with Gasteiger partial charge in [0.15, 0.2) is 0 Å². The van der Waals surface area contributed by atoms with Gasteiger partial charge in [0.25, 0.3) is 11.8 Å². The number of carbonyl (C=O) groups excluding carboxylic acids is 2. The second-order valence-electron chi connectivity index (χ2n) is 6.75. The second kappa shape index (κ2) is 18.4. The van der Waals surface area contributed by atoms with Crippen LogP contribution >= 0.6 is 0 Å². The van der Waals surface area contributed by atoms with E-state index in [4.69, 9.17) is 0 Å². The molecule has 0 fully saturated rings. The van der Waals surface area contributed by atoms with Crippen molar-refractivity contribution in [3.63, 3.8) is 0 Å². The van der Waals surface area contributed by atoms with E-state index in [1.165, 1.54) is 23.3 Å². The molecule has 2 amide bonds. The highest BCUT2D eigenvalue weighted by atomic mass is 16.2. The van der Waals surface area contributed by atoms with Crippen LogP contribution in [0.5, 0.6) is 0 Å². The molecule has 30 heavy (non-hydrogen) atoms. The van der Waals surface area contributed by atoms with Crippen LogP contribution in [0.25, 0.3) is 0 Å². The zero-order valence-corrected chi connectivity index (χ0v) is 20.4. The largest absolute Gasteiger partial charge is 0.269 e. The predicted molar refractivity (Wildman–Crippen MR) is 132 cm³/mol. The number of hydrogen-bond acceptors (Lipinski definition) is 2. The Bertz CT molecular complexity index is 696. The number of amides is 2. The molecule has 3 rings (SSSR count). The molecule has 2 aromatic rings. The van der Waals surface area contributed by atoms with Crippen LogP contribution in [0.2, 0.25) is 0 Å². The summed E-state index contributed by atoms with van der Waals surface area (Å²) in [6.45, 7) is 18.8. The molecule has 0 aromatic heterocycles. The summed E-state index contributed by atoms with van der Waals surface area (Å²) in [7, 11) is 0. The number of imide groups is 1. The fourth-order valence-electron chi connectivity index (χ4n) is 2.06. The van der Waals surface area contributed by atoms with E-state index in [2.05, 4.69) is 58.9 Å². The van der Waals surface area contributed by atoms with Crippen molar-refractivity contribution in [3.05, 3.63) is 77.9 Å². The summed E-state index contributed by atoms with van der Waals surface area (Å²) in [6.07, 6.45) is 3.69. The van der Waals surface area contributed by atoms with Gasteiger partial charge in [-0.25, -0.2) is 4.90 Å². The Morgan fingerprint density at radius 1 is 0.733 bits per heavy atom. The third kappa shape index (κ3) is 12.7. The molecular weight excluding hydrogens is 370 g/mol. The highest BCUT2D eigenvalue weighted by molar-refractivity contribution is 6.28. The number of anilines is 1. The zero-order valence-electron chi connectivity index (χ0n) is 20.4. The van der Waals surface area contributed by atoms with E-state index in [9.17, 15) is 9.59 Å². The van der Waals surface area contributed by atoms with Gasteiger partial charge in [-0.3, -0.25) is 9.59 Å². The van der Waals surface area contributed by atoms with Crippen LogP contribution in [0.15, 0.2) is 66.7 Å². The number of carbonyl (C=O) groups is 2. The maximum atomic E-state index is 11.2. The summed E-state index contributed by atoms with van der Waals surface area (Å²) in [6, 6.07) is 17.5. The van der Waals surface area contributed by atoms with Crippen molar-refractivity contribution in [1.82, 2.24) is 0 Å². The Morgan fingerprint density at radius 2 is 1.13 bits per heavy atom. The number of para-hydroxylation sites is 1. The van der Waals surface area contributed by atoms with Gasteiger partial charge in [0.2, 0.25) is 0 Å². The van der Waals surface area contributed by atoms with Crippen molar-refractivity contribution in [2.24, 2.45) is 5.92 Å². The number of benzene rings is 2. The van der Waals surface area contributed by atoms with Crippen LogP contribution in [-0.2, 0) is 16.0 Å². The number of hydrogen-bond donors (Lipinski definition) is 0. The van der Waals surface area contributed by atoms with Crippen molar-refractivity contribution in [3.8, 4) is 0 Å². The quantitative estimate of drug-likeness (QED) is 0.483. The lowest BCUT2D eigenvalue weighted by atomic mass is 10.1. The molecule has 1 aliphatic heterocycles. The zero-order chi connectivity index (χ0) is 23.5. The van der Waals surface area contributed by atoms with E-state index in [0.29, 0.717) is 5.69 Å². The van der Waals surface area contributed by atoms with E-state index < -0.39 is 0 Å². The topological polar surface area (TPSA) is 37.4 Å². The van der Waals surface area contributed by atoms with Crippen molar-refractivity contribution in [2.45, 2.75) is 68.7 Å². The first-order valence-corrected chi connectivity index (χ1v) is 11.0. The van der Waals surface area contributed by atoms with Gasteiger partial charge in [0.05, 0.1) is 5.69 Å². The first kappa shape index (κ1) is 29.5.